The highest BCUT2D eigenvalue weighted by Gasteiger charge is 2.28. The Hall–Kier alpha value is 0.394. The molecular formula is C13H30OSi2. The Labute approximate surface area is 105 Å². The van der Waals surface area contributed by atoms with Crippen LogP contribution in [0.25, 0.3) is 0 Å². The zero-order valence-electron chi connectivity index (χ0n) is 11.8. The van der Waals surface area contributed by atoms with E-state index in [-0.39, 0.29) is 0 Å². The maximum absolute atomic E-state index is 6.59. The molecule has 0 aromatic rings. The van der Waals surface area contributed by atoms with Crippen molar-refractivity contribution in [3.05, 3.63) is 0 Å². The Morgan fingerprint density at radius 3 is 1.88 bits per heavy atom. The Bertz CT molecular complexity index is 180. The lowest BCUT2D eigenvalue weighted by Gasteiger charge is -2.33. The highest BCUT2D eigenvalue weighted by atomic mass is 28.4. The molecule has 1 aliphatic rings. The molecular weight excluding hydrogens is 228 g/mol. The van der Waals surface area contributed by atoms with Crippen LogP contribution in [-0.2, 0) is 4.12 Å². The van der Waals surface area contributed by atoms with E-state index in [0.29, 0.717) is 0 Å². The topological polar surface area (TPSA) is 9.23 Å². The SMILES string of the molecule is CC(C)[SiH](O[SiH](C)C1CCCCC1)C(C)C. The van der Waals surface area contributed by atoms with Gasteiger partial charge in [0.05, 0.1) is 0 Å². The Morgan fingerprint density at radius 2 is 1.44 bits per heavy atom. The van der Waals surface area contributed by atoms with Crippen LogP contribution in [0.4, 0.5) is 0 Å². The van der Waals surface area contributed by atoms with Crippen LogP contribution in [0.2, 0.25) is 23.2 Å². The lowest BCUT2D eigenvalue weighted by atomic mass is 10.0. The van der Waals surface area contributed by atoms with E-state index < -0.39 is 18.1 Å². The van der Waals surface area contributed by atoms with Gasteiger partial charge in [-0.25, -0.2) is 0 Å². The molecule has 1 aliphatic carbocycles. The van der Waals surface area contributed by atoms with Crippen LogP contribution < -0.4 is 0 Å². The largest absolute Gasteiger partial charge is 0.459 e. The summed E-state index contributed by atoms with van der Waals surface area (Å²) in [6.07, 6.45) is 7.31. The van der Waals surface area contributed by atoms with Gasteiger partial charge in [0.15, 0.2) is 18.1 Å². The van der Waals surface area contributed by atoms with Crippen LogP contribution in [0, 0.1) is 0 Å². The fourth-order valence-corrected chi connectivity index (χ4v) is 11.4. The third kappa shape index (κ3) is 4.34. The van der Waals surface area contributed by atoms with Gasteiger partial charge in [0.1, 0.15) is 0 Å². The van der Waals surface area contributed by atoms with Crippen molar-refractivity contribution in [2.75, 3.05) is 0 Å². The van der Waals surface area contributed by atoms with Gasteiger partial charge in [0.2, 0.25) is 0 Å². The van der Waals surface area contributed by atoms with Crippen molar-refractivity contribution >= 4 is 18.1 Å². The summed E-state index contributed by atoms with van der Waals surface area (Å²) in [7, 11) is -1.84. The molecule has 0 radical (unpaired) electrons. The molecule has 0 aromatic carbocycles. The molecule has 0 aliphatic heterocycles. The summed E-state index contributed by atoms with van der Waals surface area (Å²) < 4.78 is 6.59. The molecule has 16 heavy (non-hydrogen) atoms. The molecule has 1 atom stereocenters. The summed E-state index contributed by atoms with van der Waals surface area (Å²) in [4.78, 5) is 0. The molecule has 1 rings (SSSR count). The Morgan fingerprint density at radius 1 is 0.938 bits per heavy atom. The average molecular weight is 259 g/mol. The molecule has 0 saturated heterocycles. The zero-order chi connectivity index (χ0) is 12.1. The molecule has 1 unspecified atom stereocenters. The third-order valence-corrected chi connectivity index (χ3v) is 11.6. The van der Waals surface area contributed by atoms with E-state index in [1.54, 1.807) is 0 Å². The minimum absolute atomic E-state index is 0.804. The second-order valence-corrected chi connectivity index (χ2v) is 13.2. The van der Waals surface area contributed by atoms with E-state index in [1.807, 2.05) is 0 Å². The summed E-state index contributed by atoms with van der Waals surface area (Å²) >= 11 is 0. The van der Waals surface area contributed by atoms with E-state index in [2.05, 4.69) is 34.2 Å². The standard InChI is InChI=1S/C13H30OSi2/c1-11(2)16(12(3)4)14-15(5)13-9-7-6-8-10-13/h11-13,15-16H,6-10H2,1-5H3. The average Bonchev–Trinajstić information content (AvgIpc) is 2.25. The van der Waals surface area contributed by atoms with E-state index in [1.165, 1.54) is 32.1 Å². The van der Waals surface area contributed by atoms with Crippen LogP contribution in [0.15, 0.2) is 0 Å². The molecule has 0 heterocycles. The van der Waals surface area contributed by atoms with Crippen molar-refractivity contribution in [1.82, 2.24) is 0 Å². The minimum Gasteiger partial charge on any atom is -0.459 e. The fraction of sp³-hybridized carbons (Fsp3) is 1.00. The van der Waals surface area contributed by atoms with Gasteiger partial charge in [-0.05, 0) is 23.2 Å². The van der Waals surface area contributed by atoms with Gasteiger partial charge in [-0.2, -0.15) is 0 Å². The molecule has 0 spiro atoms. The molecule has 1 saturated carbocycles. The normalized spacial score (nSPS) is 21.0. The lowest BCUT2D eigenvalue weighted by molar-refractivity contribution is 0.451. The van der Waals surface area contributed by atoms with Gasteiger partial charge < -0.3 is 4.12 Å². The van der Waals surface area contributed by atoms with E-state index in [9.17, 15) is 0 Å². The molecule has 0 amide bonds. The number of rotatable bonds is 5. The Kier molecular flexibility index (Phi) is 6.30. The highest BCUT2D eigenvalue weighted by Crippen LogP contribution is 2.33. The monoisotopic (exact) mass is 258 g/mol. The molecule has 0 aromatic heterocycles. The van der Waals surface area contributed by atoms with Crippen LogP contribution in [0.5, 0.6) is 0 Å². The summed E-state index contributed by atoms with van der Waals surface area (Å²) in [6.45, 7) is 11.9. The molecule has 1 nitrogen and oxygen atoms in total. The second kappa shape index (κ2) is 6.97. The lowest BCUT2D eigenvalue weighted by Crippen LogP contribution is -2.35. The van der Waals surface area contributed by atoms with Gasteiger partial charge in [-0.15, -0.1) is 0 Å². The zero-order valence-corrected chi connectivity index (χ0v) is 14.1. The van der Waals surface area contributed by atoms with Gasteiger partial charge >= 0.3 is 0 Å². The summed E-state index contributed by atoms with van der Waals surface area (Å²) in [5, 5.41) is 0. The molecule has 96 valence electrons. The summed E-state index contributed by atoms with van der Waals surface area (Å²) in [6, 6.07) is 0. The van der Waals surface area contributed by atoms with Crippen LogP contribution in [0.3, 0.4) is 0 Å². The van der Waals surface area contributed by atoms with Crippen LogP contribution in [-0.4, -0.2) is 18.1 Å². The highest BCUT2D eigenvalue weighted by molar-refractivity contribution is 6.67. The van der Waals surface area contributed by atoms with Crippen molar-refractivity contribution in [3.63, 3.8) is 0 Å². The van der Waals surface area contributed by atoms with Crippen molar-refractivity contribution in [2.45, 2.75) is 83.0 Å². The van der Waals surface area contributed by atoms with Gasteiger partial charge in [-0.1, -0.05) is 59.8 Å². The first-order valence-electron chi connectivity index (χ1n) is 7.17. The van der Waals surface area contributed by atoms with E-state index in [0.717, 1.165) is 16.6 Å². The molecule has 0 bridgehead atoms. The third-order valence-electron chi connectivity index (χ3n) is 4.00. The van der Waals surface area contributed by atoms with Gasteiger partial charge in [-0.3, -0.25) is 0 Å². The Balaban J connectivity index is 2.43. The first kappa shape index (κ1) is 14.5. The summed E-state index contributed by atoms with van der Waals surface area (Å²) in [5.41, 5.74) is 2.60. The summed E-state index contributed by atoms with van der Waals surface area (Å²) in [5.74, 6) is 0. The van der Waals surface area contributed by atoms with Gasteiger partial charge in [0.25, 0.3) is 0 Å². The number of hydrogen-bond acceptors (Lipinski definition) is 1. The number of hydrogen-bond donors (Lipinski definition) is 0. The smallest absolute Gasteiger partial charge is 0.168 e. The second-order valence-electron chi connectivity index (χ2n) is 6.19. The van der Waals surface area contributed by atoms with Crippen molar-refractivity contribution in [3.8, 4) is 0 Å². The van der Waals surface area contributed by atoms with E-state index in [4.69, 9.17) is 4.12 Å². The van der Waals surface area contributed by atoms with Crippen LogP contribution >= 0.6 is 0 Å². The minimum atomic E-state index is -0.948. The van der Waals surface area contributed by atoms with Crippen LogP contribution in [0.1, 0.15) is 59.8 Å². The molecule has 0 N–H and O–H groups in total. The molecule has 3 heteroatoms. The first-order valence-corrected chi connectivity index (χ1v) is 11.3. The van der Waals surface area contributed by atoms with E-state index >= 15 is 0 Å². The molecule has 1 fully saturated rings. The maximum atomic E-state index is 6.59. The quantitative estimate of drug-likeness (QED) is 0.670. The predicted molar refractivity (Wildman–Crippen MR) is 78.3 cm³/mol. The van der Waals surface area contributed by atoms with Crippen molar-refractivity contribution in [1.29, 1.82) is 0 Å². The fourth-order valence-electron chi connectivity index (χ4n) is 3.05. The van der Waals surface area contributed by atoms with Crippen molar-refractivity contribution in [2.24, 2.45) is 0 Å². The predicted octanol–water partition coefficient (Wildman–Crippen LogP) is 4.23. The first-order chi connectivity index (χ1) is 7.52. The maximum Gasteiger partial charge on any atom is 0.168 e. The van der Waals surface area contributed by atoms with Gasteiger partial charge in [0, 0.05) is 0 Å². The van der Waals surface area contributed by atoms with Crippen molar-refractivity contribution < 1.29 is 4.12 Å².